The number of nitrogens with zero attached hydrogens (tertiary/aromatic N) is 2. The Kier molecular flexibility index (Phi) is 9.93. The molecule has 2 aromatic rings. The van der Waals surface area contributed by atoms with Crippen LogP contribution >= 0.6 is 15.9 Å². The highest BCUT2D eigenvalue weighted by molar-refractivity contribution is 9.10. The van der Waals surface area contributed by atoms with Gasteiger partial charge in [0.25, 0.3) is 0 Å². The number of hydrogen-bond donors (Lipinski definition) is 1. The molecule has 0 heterocycles. The number of rotatable bonds is 11. The molecule has 2 amide bonds. The molecule has 0 bridgehead atoms. The smallest absolute Gasteiger partial charge is 0.244 e. The van der Waals surface area contributed by atoms with Crippen LogP contribution in [0.5, 0.6) is 5.75 Å². The third-order valence-electron chi connectivity index (χ3n) is 5.43. The van der Waals surface area contributed by atoms with Gasteiger partial charge in [0.15, 0.2) is 0 Å². The van der Waals surface area contributed by atoms with E-state index >= 15 is 0 Å². The lowest BCUT2D eigenvalue weighted by atomic mass is 10.1. The first-order valence-corrected chi connectivity index (χ1v) is 13.6. The molecule has 0 saturated heterocycles. The largest absolute Gasteiger partial charge is 0.497 e. The Morgan fingerprint density at radius 3 is 2.38 bits per heavy atom. The fourth-order valence-electron chi connectivity index (χ4n) is 3.26. The molecule has 10 heteroatoms. The van der Waals surface area contributed by atoms with Gasteiger partial charge in [0.2, 0.25) is 21.8 Å². The summed E-state index contributed by atoms with van der Waals surface area (Å²) in [4.78, 5) is 27.8. The van der Waals surface area contributed by atoms with E-state index in [2.05, 4.69) is 21.2 Å². The quantitative estimate of drug-likeness (QED) is 0.459. The summed E-state index contributed by atoms with van der Waals surface area (Å²) in [5.41, 5.74) is 1.10. The Morgan fingerprint density at radius 2 is 1.79 bits per heavy atom. The highest BCUT2D eigenvalue weighted by atomic mass is 79.9. The van der Waals surface area contributed by atoms with Gasteiger partial charge in [0.05, 0.1) is 19.1 Å². The first-order chi connectivity index (χ1) is 16.0. The van der Waals surface area contributed by atoms with E-state index in [0.29, 0.717) is 11.4 Å². The maximum Gasteiger partial charge on any atom is 0.244 e. The van der Waals surface area contributed by atoms with Crippen LogP contribution in [0, 0.1) is 0 Å². The van der Waals surface area contributed by atoms with Crippen LogP contribution in [-0.2, 0) is 26.2 Å². The van der Waals surface area contributed by atoms with E-state index in [4.69, 9.17) is 4.74 Å². The fourth-order valence-corrected chi connectivity index (χ4v) is 4.55. The maximum absolute atomic E-state index is 13.5. The van der Waals surface area contributed by atoms with E-state index in [1.54, 1.807) is 31.2 Å². The summed E-state index contributed by atoms with van der Waals surface area (Å²) in [5.74, 6) is -0.337. The van der Waals surface area contributed by atoms with Gasteiger partial charge in [0, 0.05) is 23.1 Å². The molecule has 0 saturated carbocycles. The van der Waals surface area contributed by atoms with Crippen molar-refractivity contribution in [3.8, 4) is 5.75 Å². The molecule has 2 rings (SSSR count). The van der Waals surface area contributed by atoms with E-state index < -0.39 is 28.5 Å². The van der Waals surface area contributed by atoms with Crippen molar-refractivity contribution in [3.63, 3.8) is 0 Å². The Labute approximate surface area is 210 Å². The Balaban J connectivity index is 2.40. The van der Waals surface area contributed by atoms with Crippen molar-refractivity contribution in [1.29, 1.82) is 0 Å². The van der Waals surface area contributed by atoms with Crippen LogP contribution in [-0.4, -0.2) is 57.1 Å². The molecule has 8 nitrogen and oxygen atoms in total. The van der Waals surface area contributed by atoms with Crippen molar-refractivity contribution in [2.45, 2.75) is 45.8 Å². The van der Waals surface area contributed by atoms with Gasteiger partial charge in [-0.25, -0.2) is 8.42 Å². The van der Waals surface area contributed by atoms with Gasteiger partial charge in [-0.15, -0.1) is 0 Å². The molecule has 0 unspecified atom stereocenters. The number of methoxy groups -OCH3 is 1. The molecule has 0 aliphatic heterocycles. The number of halogens is 1. The zero-order chi connectivity index (χ0) is 25.5. The van der Waals surface area contributed by atoms with Crippen molar-refractivity contribution in [2.75, 3.05) is 24.2 Å². The molecule has 1 N–H and O–H groups in total. The molecule has 34 heavy (non-hydrogen) atoms. The standard InChI is InChI=1S/C24H32BrN3O5S/c1-6-17(2)26-24(30)18(3)27(15-19-9-7-10-20(25)13-19)23(29)16-28(34(5,31)32)21-11-8-12-22(14-21)33-4/h7-14,17-18H,6,15-16H2,1-5H3,(H,26,30)/t17-,18+/m1/s1. The van der Waals surface area contributed by atoms with Gasteiger partial charge >= 0.3 is 0 Å². The van der Waals surface area contributed by atoms with E-state index in [9.17, 15) is 18.0 Å². The van der Waals surface area contributed by atoms with E-state index in [0.717, 1.165) is 27.0 Å². The minimum atomic E-state index is -3.80. The summed E-state index contributed by atoms with van der Waals surface area (Å²) in [6.07, 6.45) is 1.78. The topological polar surface area (TPSA) is 96.0 Å². The Hall–Kier alpha value is -2.59. The zero-order valence-electron chi connectivity index (χ0n) is 20.1. The van der Waals surface area contributed by atoms with Crippen molar-refractivity contribution < 1.29 is 22.7 Å². The van der Waals surface area contributed by atoms with Crippen LogP contribution < -0.4 is 14.4 Å². The second-order valence-electron chi connectivity index (χ2n) is 8.12. The maximum atomic E-state index is 13.5. The molecule has 0 fully saturated rings. The van der Waals surface area contributed by atoms with E-state index in [1.807, 2.05) is 38.1 Å². The third kappa shape index (κ3) is 7.73. The first-order valence-electron chi connectivity index (χ1n) is 10.9. The van der Waals surface area contributed by atoms with Gasteiger partial charge in [-0.1, -0.05) is 41.1 Å². The predicted octanol–water partition coefficient (Wildman–Crippen LogP) is 3.56. The van der Waals surface area contributed by atoms with Crippen LogP contribution in [0.4, 0.5) is 5.69 Å². The zero-order valence-corrected chi connectivity index (χ0v) is 22.5. The summed E-state index contributed by atoms with van der Waals surface area (Å²) in [5, 5.41) is 2.90. The molecule has 0 radical (unpaired) electrons. The number of anilines is 1. The van der Waals surface area contributed by atoms with Crippen LogP contribution in [0.1, 0.15) is 32.8 Å². The lowest BCUT2D eigenvalue weighted by Crippen LogP contribution is -2.52. The van der Waals surface area contributed by atoms with E-state index in [-0.39, 0.29) is 18.5 Å². The monoisotopic (exact) mass is 553 g/mol. The summed E-state index contributed by atoms with van der Waals surface area (Å²) in [6, 6.07) is 13.0. The van der Waals surface area contributed by atoms with Crippen molar-refractivity contribution in [2.24, 2.45) is 0 Å². The SMILES string of the molecule is CC[C@@H](C)NC(=O)[C@H](C)N(Cc1cccc(Br)c1)C(=O)CN(c1cccc(OC)c1)S(C)(=O)=O. The molecule has 0 spiro atoms. The number of nitrogens with one attached hydrogen (secondary N) is 1. The molecule has 0 aliphatic rings. The average molecular weight is 555 g/mol. The highest BCUT2D eigenvalue weighted by Crippen LogP contribution is 2.24. The number of carbonyl (C=O) groups excluding carboxylic acids is 2. The summed E-state index contributed by atoms with van der Waals surface area (Å²) in [6.45, 7) is 5.17. The lowest BCUT2D eigenvalue weighted by molar-refractivity contribution is -0.139. The number of benzene rings is 2. The molecule has 186 valence electrons. The molecule has 0 aromatic heterocycles. The lowest BCUT2D eigenvalue weighted by Gasteiger charge is -2.32. The number of amides is 2. The van der Waals surface area contributed by atoms with Crippen LogP contribution in [0.3, 0.4) is 0 Å². The molecular weight excluding hydrogens is 522 g/mol. The first kappa shape index (κ1) is 27.7. The number of carbonyl (C=O) groups is 2. The average Bonchev–Trinajstić information content (AvgIpc) is 2.79. The summed E-state index contributed by atoms with van der Waals surface area (Å²) < 4.78 is 32.3. The van der Waals surface area contributed by atoms with Crippen molar-refractivity contribution in [3.05, 3.63) is 58.6 Å². The van der Waals surface area contributed by atoms with Crippen LogP contribution in [0.25, 0.3) is 0 Å². The van der Waals surface area contributed by atoms with Crippen molar-refractivity contribution >= 4 is 43.5 Å². The summed E-state index contributed by atoms with van der Waals surface area (Å²) >= 11 is 3.43. The normalized spacial score (nSPS) is 13.0. The molecule has 2 aromatic carbocycles. The highest BCUT2D eigenvalue weighted by Gasteiger charge is 2.30. The Bertz CT molecular complexity index is 1110. The molecular formula is C24H32BrN3O5S. The van der Waals surface area contributed by atoms with Gasteiger partial charge in [-0.3, -0.25) is 13.9 Å². The van der Waals surface area contributed by atoms with Crippen LogP contribution in [0.15, 0.2) is 53.0 Å². The van der Waals surface area contributed by atoms with E-state index in [1.165, 1.54) is 12.0 Å². The molecule has 2 atom stereocenters. The van der Waals surface area contributed by atoms with Gasteiger partial charge in [-0.2, -0.15) is 0 Å². The summed E-state index contributed by atoms with van der Waals surface area (Å²) in [7, 11) is -2.32. The van der Waals surface area contributed by atoms with Crippen molar-refractivity contribution in [1.82, 2.24) is 10.2 Å². The van der Waals surface area contributed by atoms with Gasteiger partial charge in [-0.05, 0) is 50.1 Å². The predicted molar refractivity (Wildman–Crippen MR) is 137 cm³/mol. The minimum absolute atomic E-state index is 0.0536. The number of ether oxygens (including phenoxy) is 1. The number of sulfonamides is 1. The van der Waals surface area contributed by atoms with Gasteiger partial charge in [0.1, 0.15) is 18.3 Å². The fraction of sp³-hybridized carbons (Fsp3) is 0.417. The molecule has 0 aliphatic carbocycles. The van der Waals surface area contributed by atoms with Crippen LogP contribution in [0.2, 0.25) is 0 Å². The van der Waals surface area contributed by atoms with Gasteiger partial charge < -0.3 is 15.0 Å². The second-order valence-corrected chi connectivity index (χ2v) is 10.9. The number of hydrogen-bond acceptors (Lipinski definition) is 5. The second kappa shape index (κ2) is 12.2. The Morgan fingerprint density at radius 1 is 1.12 bits per heavy atom. The minimum Gasteiger partial charge on any atom is -0.497 e. The third-order valence-corrected chi connectivity index (χ3v) is 7.06.